The minimum atomic E-state index is -0.501. The molecule has 2 saturated heterocycles. The standard InChI is InChI=1S/C14H23NO4/c1-13(2,3)19-12(17)15-6-4-14(5-7-18-10-14)11(8-15)9-16/h9,11H,4-8,10H2,1-3H3. The van der Waals surface area contributed by atoms with Crippen molar-refractivity contribution in [2.24, 2.45) is 11.3 Å². The van der Waals surface area contributed by atoms with E-state index in [0.717, 1.165) is 25.7 Å². The van der Waals surface area contributed by atoms with Gasteiger partial charge in [0, 0.05) is 31.0 Å². The van der Waals surface area contributed by atoms with E-state index in [0.29, 0.717) is 19.7 Å². The van der Waals surface area contributed by atoms with Crippen molar-refractivity contribution < 1.29 is 19.1 Å². The maximum absolute atomic E-state index is 12.0. The summed E-state index contributed by atoms with van der Waals surface area (Å²) < 4.78 is 10.8. The minimum absolute atomic E-state index is 0.0553. The number of nitrogens with zero attached hydrogens (tertiary/aromatic N) is 1. The van der Waals surface area contributed by atoms with Crippen LogP contribution < -0.4 is 0 Å². The molecule has 0 aromatic carbocycles. The van der Waals surface area contributed by atoms with E-state index in [2.05, 4.69) is 0 Å². The molecule has 0 saturated carbocycles. The van der Waals surface area contributed by atoms with Crippen molar-refractivity contribution in [3.63, 3.8) is 0 Å². The molecule has 2 aliphatic rings. The van der Waals surface area contributed by atoms with Crippen LogP contribution >= 0.6 is 0 Å². The van der Waals surface area contributed by atoms with E-state index in [1.54, 1.807) is 4.90 Å². The van der Waals surface area contributed by atoms with Crippen molar-refractivity contribution in [1.29, 1.82) is 0 Å². The van der Waals surface area contributed by atoms with Crippen LogP contribution in [0.15, 0.2) is 0 Å². The average molecular weight is 269 g/mol. The summed E-state index contributed by atoms with van der Waals surface area (Å²) in [4.78, 5) is 25.0. The number of hydrogen-bond acceptors (Lipinski definition) is 4. The van der Waals surface area contributed by atoms with Crippen molar-refractivity contribution in [2.75, 3.05) is 26.3 Å². The van der Waals surface area contributed by atoms with Crippen molar-refractivity contribution in [3.05, 3.63) is 0 Å². The molecule has 5 heteroatoms. The van der Waals surface area contributed by atoms with Crippen LogP contribution in [0.2, 0.25) is 0 Å². The third kappa shape index (κ3) is 3.08. The maximum atomic E-state index is 12.0. The molecule has 2 aliphatic heterocycles. The summed E-state index contributed by atoms with van der Waals surface area (Å²) in [5.74, 6) is -0.142. The fourth-order valence-corrected chi connectivity index (χ4v) is 2.86. The lowest BCUT2D eigenvalue weighted by molar-refractivity contribution is -0.118. The van der Waals surface area contributed by atoms with E-state index in [9.17, 15) is 9.59 Å². The van der Waals surface area contributed by atoms with Gasteiger partial charge in [0.2, 0.25) is 0 Å². The lowest BCUT2D eigenvalue weighted by atomic mass is 9.70. The number of ether oxygens (including phenoxy) is 2. The first-order valence-electron chi connectivity index (χ1n) is 6.87. The molecular weight excluding hydrogens is 246 g/mol. The van der Waals surface area contributed by atoms with Crippen LogP contribution in [-0.2, 0) is 14.3 Å². The molecule has 5 nitrogen and oxygen atoms in total. The molecule has 0 N–H and O–H groups in total. The zero-order chi connectivity index (χ0) is 14.1. The molecule has 0 aromatic heterocycles. The van der Waals surface area contributed by atoms with Gasteiger partial charge >= 0.3 is 6.09 Å². The summed E-state index contributed by atoms with van der Waals surface area (Å²) in [7, 11) is 0. The zero-order valence-electron chi connectivity index (χ0n) is 12.0. The molecule has 0 radical (unpaired) electrons. The third-order valence-corrected chi connectivity index (χ3v) is 4.03. The van der Waals surface area contributed by atoms with Gasteiger partial charge in [-0.15, -0.1) is 0 Å². The Morgan fingerprint density at radius 3 is 2.68 bits per heavy atom. The Balaban J connectivity index is 2.01. The van der Waals surface area contributed by atoms with Gasteiger partial charge in [0.25, 0.3) is 0 Å². The maximum Gasteiger partial charge on any atom is 0.410 e. The summed E-state index contributed by atoms with van der Waals surface area (Å²) in [5, 5.41) is 0. The number of hydrogen-bond donors (Lipinski definition) is 0. The molecule has 1 amide bonds. The number of rotatable bonds is 1. The number of amides is 1. The van der Waals surface area contributed by atoms with Gasteiger partial charge in [-0.3, -0.25) is 0 Å². The molecule has 0 bridgehead atoms. The fourth-order valence-electron chi connectivity index (χ4n) is 2.86. The largest absolute Gasteiger partial charge is 0.444 e. The van der Waals surface area contributed by atoms with Gasteiger partial charge in [-0.2, -0.15) is 0 Å². The lowest BCUT2D eigenvalue weighted by Gasteiger charge is -2.42. The molecule has 0 aliphatic carbocycles. The summed E-state index contributed by atoms with van der Waals surface area (Å²) in [5.41, 5.74) is -0.556. The van der Waals surface area contributed by atoms with Crippen LogP contribution in [-0.4, -0.2) is 49.2 Å². The molecule has 0 aromatic rings. The molecule has 2 fully saturated rings. The second kappa shape index (κ2) is 5.12. The fraction of sp³-hybridized carbons (Fsp3) is 0.857. The predicted octanol–water partition coefficient (Wildman–Crippen LogP) is 1.85. The lowest BCUT2D eigenvalue weighted by Crippen LogP contribution is -2.51. The van der Waals surface area contributed by atoms with Crippen molar-refractivity contribution in [1.82, 2.24) is 4.90 Å². The van der Waals surface area contributed by atoms with Crippen LogP contribution in [0.3, 0.4) is 0 Å². The average Bonchev–Trinajstić information content (AvgIpc) is 2.76. The van der Waals surface area contributed by atoms with E-state index < -0.39 is 5.60 Å². The predicted molar refractivity (Wildman–Crippen MR) is 69.8 cm³/mol. The number of carbonyl (C=O) groups excluding carboxylic acids is 2. The first-order valence-corrected chi connectivity index (χ1v) is 6.87. The SMILES string of the molecule is CC(C)(C)OC(=O)N1CCC2(CCOC2)C(C=O)C1. The smallest absolute Gasteiger partial charge is 0.410 e. The van der Waals surface area contributed by atoms with Crippen molar-refractivity contribution >= 4 is 12.4 Å². The normalized spacial score (nSPS) is 31.5. The van der Waals surface area contributed by atoms with E-state index in [-0.39, 0.29) is 17.4 Å². The Hall–Kier alpha value is -1.10. The molecule has 19 heavy (non-hydrogen) atoms. The van der Waals surface area contributed by atoms with Gasteiger partial charge in [0.1, 0.15) is 11.9 Å². The van der Waals surface area contributed by atoms with Gasteiger partial charge in [-0.05, 0) is 33.6 Å². The number of likely N-dealkylation sites (tertiary alicyclic amines) is 1. The summed E-state index contributed by atoms with van der Waals surface area (Å²) in [6.07, 6.45) is 2.38. The minimum Gasteiger partial charge on any atom is -0.444 e. The summed E-state index contributed by atoms with van der Waals surface area (Å²) in [6.45, 7) is 7.98. The molecule has 2 unspecified atom stereocenters. The van der Waals surface area contributed by atoms with E-state index in [1.807, 2.05) is 20.8 Å². The monoisotopic (exact) mass is 269 g/mol. The highest BCUT2D eigenvalue weighted by Crippen LogP contribution is 2.42. The molecule has 2 atom stereocenters. The van der Waals surface area contributed by atoms with E-state index in [4.69, 9.17) is 9.47 Å². The van der Waals surface area contributed by atoms with Crippen molar-refractivity contribution in [2.45, 2.75) is 39.2 Å². The van der Waals surface area contributed by atoms with E-state index in [1.165, 1.54) is 0 Å². The van der Waals surface area contributed by atoms with Crippen molar-refractivity contribution in [3.8, 4) is 0 Å². The van der Waals surface area contributed by atoms with Crippen LogP contribution in [0, 0.1) is 11.3 Å². The highest BCUT2D eigenvalue weighted by atomic mass is 16.6. The topological polar surface area (TPSA) is 55.8 Å². The molecule has 2 heterocycles. The second-order valence-corrected chi connectivity index (χ2v) is 6.58. The van der Waals surface area contributed by atoms with Gasteiger partial charge < -0.3 is 19.2 Å². The molecule has 1 spiro atoms. The highest BCUT2D eigenvalue weighted by molar-refractivity contribution is 5.69. The second-order valence-electron chi connectivity index (χ2n) is 6.58. The Bertz CT molecular complexity index is 355. The van der Waals surface area contributed by atoms with Crippen LogP contribution in [0.1, 0.15) is 33.6 Å². The number of piperidine rings is 1. The van der Waals surface area contributed by atoms with E-state index >= 15 is 0 Å². The van der Waals surface area contributed by atoms with Gasteiger partial charge in [0.15, 0.2) is 0 Å². The number of carbonyl (C=O) groups is 2. The van der Waals surface area contributed by atoms with Gasteiger partial charge in [-0.1, -0.05) is 0 Å². The first kappa shape index (κ1) is 14.3. The molecule has 2 rings (SSSR count). The Kier molecular flexibility index (Phi) is 3.85. The zero-order valence-corrected chi connectivity index (χ0v) is 12.0. The molecular formula is C14H23NO4. The summed E-state index contributed by atoms with van der Waals surface area (Å²) in [6, 6.07) is 0. The highest BCUT2D eigenvalue weighted by Gasteiger charge is 2.47. The summed E-state index contributed by atoms with van der Waals surface area (Å²) >= 11 is 0. The quantitative estimate of drug-likeness (QED) is 0.682. The number of aldehydes is 1. The third-order valence-electron chi connectivity index (χ3n) is 4.03. The van der Waals surface area contributed by atoms with Gasteiger partial charge in [-0.25, -0.2) is 4.79 Å². The molecule has 108 valence electrons. The van der Waals surface area contributed by atoms with Crippen LogP contribution in [0.25, 0.3) is 0 Å². The Labute approximate surface area is 114 Å². The van der Waals surface area contributed by atoms with Crippen LogP contribution in [0.5, 0.6) is 0 Å². The van der Waals surface area contributed by atoms with Gasteiger partial charge in [0.05, 0.1) is 6.61 Å². The first-order chi connectivity index (χ1) is 8.86. The Morgan fingerprint density at radius 2 is 2.16 bits per heavy atom. The van der Waals surface area contributed by atoms with Crippen LogP contribution in [0.4, 0.5) is 4.79 Å². The Morgan fingerprint density at radius 1 is 1.42 bits per heavy atom.